The summed E-state index contributed by atoms with van der Waals surface area (Å²) < 4.78 is 25.1. The van der Waals surface area contributed by atoms with Gasteiger partial charge < -0.3 is 14.6 Å². The van der Waals surface area contributed by atoms with Gasteiger partial charge in [-0.15, -0.1) is 0 Å². The van der Waals surface area contributed by atoms with Crippen LogP contribution in [0.5, 0.6) is 11.5 Å². The Morgan fingerprint density at radius 2 is 1.79 bits per heavy atom. The molecule has 0 aliphatic carbocycles. The van der Waals surface area contributed by atoms with Crippen molar-refractivity contribution in [2.75, 3.05) is 18.6 Å². The Balaban J connectivity index is 1.95. The molecule has 1 heterocycles. The number of hydrogen-bond donors (Lipinski definition) is 1. The van der Waals surface area contributed by atoms with Gasteiger partial charge in [-0.3, -0.25) is 14.5 Å². The van der Waals surface area contributed by atoms with Crippen LogP contribution in [-0.2, 0) is 9.59 Å². The van der Waals surface area contributed by atoms with Crippen molar-refractivity contribution in [3.05, 3.63) is 94.8 Å². The lowest BCUT2D eigenvalue weighted by Gasteiger charge is -2.26. The van der Waals surface area contributed by atoms with Crippen LogP contribution in [0.15, 0.2) is 72.3 Å². The fraction of sp³-hybridized carbons (Fsp3) is 0.185. The predicted molar refractivity (Wildman–Crippen MR) is 127 cm³/mol. The molecule has 0 radical (unpaired) electrons. The maximum absolute atomic E-state index is 14.1. The number of Topliss-reactive ketones (excluding diaryl/α,β-unsaturated/α-hetero) is 1. The molecule has 174 valence electrons. The van der Waals surface area contributed by atoms with Gasteiger partial charge in [0.2, 0.25) is 0 Å². The number of amides is 1. The van der Waals surface area contributed by atoms with Gasteiger partial charge in [0.25, 0.3) is 11.7 Å². The maximum atomic E-state index is 14.1. The molecule has 0 bridgehead atoms. The number of rotatable bonds is 6. The van der Waals surface area contributed by atoms with E-state index in [1.54, 1.807) is 42.5 Å². The van der Waals surface area contributed by atoms with Crippen molar-refractivity contribution in [3.63, 3.8) is 0 Å². The molecule has 1 aliphatic heterocycles. The van der Waals surface area contributed by atoms with E-state index in [-0.39, 0.29) is 17.0 Å². The molecule has 1 unspecified atom stereocenters. The van der Waals surface area contributed by atoms with Crippen molar-refractivity contribution in [3.8, 4) is 11.5 Å². The molecule has 1 atom stereocenters. The van der Waals surface area contributed by atoms with E-state index in [0.29, 0.717) is 29.2 Å². The monoisotopic (exact) mass is 461 g/mol. The van der Waals surface area contributed by atoms with Crippen LogP contribution in [0.4, 0.5) is 10.1 Å². The summed E-state index contributed by atoms with van der Waals surface area (Å²) in [6.45, 7) is 4.18. The smallest absolute Gasteiger partial charge is 0.300 e. The van der Waals surface area contributed by atoms with Gasteiger partial charge in [-0.25, -0.2) is 4.39 Å². The van der Waals surface area contributed by atoms with E-state index in [9.17, 15) is 19.1 Å². The van der Waals surface area contributed by atoms with Crippen LogP contribution in [0.25, 0.3) is 5.76 Å². The molecular weight excluding hydrogens is 437 g/mol. The third-order valence-corrected chi connectivity index (χ3v) is 5.71. The molecule has 0 aromatic heterocycles. The Bertz CT molecular complexity index is 1300. The minimum atomic E-state index is -1.02. The number of halogens is 1. The first kappa shape index (κ1) is 23.0. The van der Waals surface area contributed by atoms with E-state index in [0.717, 1.165) is 5.56 Å². The van der Waals surface area contributed by atoms with Crippen molar-refractivity contribution >= 4 is 23.1 Å². The summed E-state index contributed by atoms with van der Waals surface area (Å²) in [5.41, 5.74) is 1.69. The molecule has 3 aromatic rings. The van der Waals surface area contributed by atoms with Gasteiger partial charge in [0.15, 0.2) is 0 Å². The predicted octanol–water partition coefficient (Wildman–Crippen LogP) is 5.17. The Labute approximate surface area is 196 Å². The fourth-order valence-electron chi connectivity index (χ4n) is 4.18. The van der Waals surface area contributed by atoms with E-state index >= 15 is 0 Å². The normalized spacial score (nSPS) is 17.2. The molecule has 7 heteroatoms. The standard InChI is InChI=1S/C27H24FNO5/c1-4-34-21-13-12-17(14-16(21)2)25(30)23-24(20-10-5-6-11-22(20)33-3)29(27(32)26(23)31)19-9-7-8-18(28)15-19/h5-15,24,30H,4H2,1-3H3/b25-23+. The quantitative estimate of drug-likeness (QED) is 0.312. The van der Waals surface area contributed by atoms with E-state index < -0.39 is 23.5 Å². The molecular formula is C27H24FNO5. The molecule has 1 aliphatic rings. The Morgan fingerprint density at radius 1 is 1.03 bits per heavy atom. The van der Waals surface area contributed by atoms with Crippen LogP contribution in [-0.4, -0.2) is 30.5 Å². The number of carbonyl (C=O) groups is 2. The minimum absolute atomic E-state index is 0.109. The highest BCUT2D eigenvalue weighted by Crippen LogP contribution is 2.45. The molecule has 0 spiro atoms. The largest absolute Gasteiger partial charge is 0.507 e. The topological polar surface area (TPSA) is 76.1 Å². The minimum Gasteiger partial charge on any atom is -0.507 e. The summed E-state index contributed by atoms with van der Waals surface area (Å²) in [4.78, 5) is 27.6. The number of aryl methyl sites for hydroxylation is 1. The Hall–Kier alpha value is -4.13. The van der Waals surface area contributed by atoms with Gasteiger partial charge in [-0.05, 0) is 61.9 Å². The number of para-hydroxylation sites is 1. The third-order valence-electron chi connectivity index (χ3n) is 5.71. The average molecular weight is 461 g/mol. The summed E-state index contributed by atoms with van der Waals surface area (Å²) in [5.74, 6) is -1.56. The first-order chi connectivity index (χ1) is 16.4. The van der Waals surface area contributed by atoms with Crippen LogP contribution in [0, 0.1) is 12.7 Å². The molecule has 3 aromatic carbocycles. The molecule has 1 amide bonds. The number of benzene rings is 3. The molecule has 6 nitrogen and oxygen atoms in total. The van der Waals surface area contributed by atoms with Crippen molar-refractivity contribution in [2.45, 2.75) is 19.9 Å². The number of nitrogens with zero attached hydrogens (tertiary/aromatic N) is 1. The summed E-state index contributed by atoms with van der Waals surface area (Å²) in [6.07, 6.45) is 0. The lowest BCUT2D eigenvalue weighted by atomic mass is 9.94. The summed E-state index contributed by atoms with van der Waals surface area (Å²) in [5, 5.41) is 11.3. The molecule has 34 heavy (non-hydrogen) atoms. The third kappa shape index (κ3) is 4.01. The lowest BCUT2D eigenvalue weighted by Crippen LogP contribution is -2.29. The summed E-state index contributed by atoms with van der Waals surface area (Å²) >= 11 is 0. The molecule has 1 fully saturated rings. The first-order valence-electron chi connectivity index (χ1n) is 10.8. The number of hydrogen-bond acceptors (Lipinski definition) is 5. The van der Waals surface area contributed by atoms with Gasteiger partial charge in [-0.1, -0.05) is 24.3 Å². The van der Waals surface area contributed by atoms with Gasteiger partial charge in [-0.2, -0.15) is 0 Å². The van der Waals surface area contributed by atoms with Crippen LogP contribution < -0.4 is 14.4 Å². The van der Waals surface area contributed by atoms with Crippen LogP contribution in [0.1, 0.15) is 29.7 Å². The number of ketones is 1. The van der Waals surface area contributed by atoms with Crippen LogP contribution in [0.2, 0.25) is 0 Å². The number of aliphatic hydroxyl groups is 1. The van der Waals surface area contributed by atoms with Gasteiger partial charge in [0.05, 0.1) is 25.3 Å². The molecule has 0 saturated carbocycles. The average Bonchev–Trinajstić information content (AvgIpc) is 3.10. The van der Waals surface area contributed by atoms with E-state index in [1.807, 2.05) is 13.8 Å². The van der Waals surface area contributed by atoms with Gasteiger partial charge in [0.1, 0.15) is 23.1 Å². The SMILES string of the molecule is CCOc1ccc(/C(O)=C2\C(=O)C(=O)N(c3cccc(F)c3)C2c2ccccc2OC)cc1C. The fourth-order valence-corrected chi connectivity index (χ4v) is 4.18. The molecule has 4 rings (SSSR count). The van der Waals surface area contributed by atoms with Crippen molar-refractivity contribution in [2.24, 2.45) is 0 Å². The van der Waals surface area contributed by atoms with Crippen molar-refractivity contribution in [1.29, 1.82) is 0 Å². The highest BCUT2D eigenvalue weighted by molar-refractivity contribution is 6.51. The number of carbonyl (C=O) groups excluding carboxylic acids is 2. The highest BCUT2D eigenvalue weighted by Gasteiger charge is 2.48. The second-order valence-electron chi connectivity index (χ2n) is 7.80. The Morgan fingerprint density at radius 3 is 2.47 bits per heavy atom. The zero-order chi connectivity index (χ0) is 24.4. The molecule has 1 saturated heterocycles. The first-order valence-corrected chi connectivity index (χ1v) is 10.8. The zero-order valence-electron chi connectivity index (χ0n) is 19.0. The van der Waals surface area contributed by atoms with Crippen molar-refractivity contribution < 1.29 is 28.6 Å². The van der Waals surface area contributed by atoms with E-state index in [4.69, 9.17) is 9.47 Å². The van der Waals surface area contributed by atoms with Gasteiger partial charge >= 0.3 is 0 Å². The van der Waals surface area contributed by atoms with E-state index in [1.165, 1.54) is 36.3 Å². The van der Waals surface area contributed by atoms with Crippen LogP contribution in [0.3, 0.4) is 0 Å². The van der Waals surface area contributed by atoms with Crippen molar-refractivity contribution in [1.82, 2.24) is 0 Å². The Kier molecular flexibility index (Phi) is 6.36. The van der Waals surface area contributed by atoms with Crippen LogP contribution >= 0.6 is 0 Å². The maximum Gasteiger partial charge on any atom is 0.300 e. The highest BCUT2D eigenvalue weighted by atomic mass is 19.1. The zero-order valence-corrected chi connectivity index (χ0v) is 19.0. The molecule has 1 N–H and O–H groups in total. The number of ether oxygens (including phenoxy) is 2. The number of aliphatic hydroxyl groups excluding tert-OH is 1. The second kappa shape index (κ2) is 9.39. The summed E-state index contributed by atoms with van der Waals surface area (Å²) in [6, 6.07) is 16.3. The van der Waals surface area contributed by atoms with Gasteiger partial charge in [0, 0.05) is 16.8 Å². The summed E-state index contributed by atoms with van der Waals surface area (Å²) in [7, 11) is 1.48. The number of anilines is 1. The second-order valence-corrected chi connectivity index (χ2v) is 7.80. The van der Waals surface area contributed by atoms with E-state index in [2.05, 4.69) is 0 Å². The number of methoxy groups -OCH3 is 1. The lowest BCUT2D eigenvalue weighted by molar-refractivity contribution is -0.132.